The predicted octanol–water partition coefficient (Wildman–Crippen LogP) is 0.808. The van der Waals surface area contributed by atoms with Gasteiger partial charge in [0.05, 0.1) is 12.0 Å². The van der Waals surface area contributed by atoms with Gasteiger partial charge < -0.3 is 15.1 Å². The molecule has 0 aliphatic rings. The monoisotopic (exact) mass is 301 g/mol. The van der Waals surface area contributed by atoms with Crippen molar-refractivity contribution < 1.29 is 22.8 Å². The highest BCUT2D eigenvalue weighted by Crippen LogP contribution is 2.32. The van der Waals surface area contributed by atoms with Gasteiger partial charge in [0.1, 0.15) is 9.84 Å². The summed E-state index contributed by atoms with van der Waals surface area (Å²) < 4.78 is 33.4. The average Bonchev–Trinajstić information content (AvgIpc) is 2.14. The van der Waals surface area contributed by atoms with Gasteiger partial charge in [0, 0.05) is 6.26 Å². The molecule has 0 amide bonds. The van der Waals surface area contributed by atoms with Crippen LogP contribution in [0.2, 0.25) is 0 Å². The van der Waals surface area contributed by atoms with Crippen LogP contribution in [0.1, 0.15) is 26.7 Å². The molecule has 0 radical (unpaired) electrons. The first kappa shape index (κ1) is 18.1. The van der Waals surface area contributed by atoms with Crippen LogP contribution in [0.5, 0.6) is 0 Å². The summed E-state index contributed by atoms with van der Waals surface area (Å²) in [4.78, 5) is 17.5. The second-order valence-electron chi connectivity index (χ2n) is 4.71. The molecule has 0 saturated carbocycles. The maximum absolute atomic E-state index is 11.4. The van der Waals surface area contributed by atoms with Crippen LogP contribution in [-0.2, 0) is 14.4 Å². The molecule has 0 heterocycles. The summed E-state index contributed by atoms with van der Waals surface area (Å²) in [6.45, 7) is 4.30. The Labute approximate surface area is 109 Å². The summed E-state index contributed by atoms with van der Waals surface area (Å²) in [5, 5.41) is 2.67. The lowest BCUT2D eigenvalue weighted by atomic mass is 9.89. The normalized spacial score (nSPS) is 15.0. The van der Waals surface area contributed by atoms with Crippen LogP contribution in [0.25, 0.3) is 0 Å². The number of hydrogen-bond donors (Lipinski definition) is 3. The van der Waals surface area contributed by atoms with Crippen LogP contribution >= 0.6 is 7.60 Å². The molecule has 0 fully saturated rings. The lowest BCUT2D eigenvalue weighted by Crippen LogP contribution is -2.33. The molecule has 0 saturated heterocycles. The fourth-order valence-electron chi connectivity index (χ4n) is 2.10. The zero-order valence-electron chi connectivity index (χ0n) is 11.2. The van der Waals surface area contributed by atoms with Crippen molar-refractivity contribution in [2.45, 2.75) is 26.7 Å². The SMILES string of the molecule is CCC(CC)C(CNCP(=O)(O)O)CS(C)(=O)=O. The Morgan fingerprint density at radius 1 is 1.17 bits per heavy atom. The van der Waals surface area contributed by atoms with E-state index < -0.39 is 23.7 Å². The summed E-state index contributed by atoms with van der Waals surface area (Å²) in [7, 11) is -7.17. The van der Waals surface area contributed by atoms with Crippen molar-refractivity contribution in [1.82, 2.24) is 5.32 Å². The van der Waals surface area contributed by atoms with E-state index in [1.54, 1.807) is 0 Å². The molecule has 0 spiro atoms. The van der Waals surface area contributed by atoms with E-state index in [0.717, 1.165) is 12.8 Å². The third-order valence-electron chi connectivity index (χ3n) is 2.96. The van der Waals surface area contributed by atoms with Crippen LogP contribution in [0.3, 0.4) is 0 Å². The number of rotatable bonds is 9. The maximum Gasteiger partial charge on any atom is 0.339 e. The Balaban J connectivity index is 4.53. The minimum absolute atomic E-state index is 0.0491. The third kappa shape index (κ3) is 9.05. The van der Waals surface area contributed by atoms with Crippen LogP contribution in [-0.4, -0.2) is 43.0 Å². The Hall–Kier alpha value is 0.0600. The Kier molecular flexibility index (Phi) is 7.63. The van der Waals surface area contributed by atoms with Crippen molar-refractivity contribution in [1.29, 1.82) is 0 Å². The van der Waals surface area contributed by atoms with Crippen LogP contribution < -0.4 is 5.32 Å². The van der Waals surface area contributed by atoms with Gasteiger partial charge in [0.2, 0.25) is 0 Å². The molecular weight excluding hydrogens is 277 g/mol. The lowest BCUT2D eigenvalue weighted by Gasteiger charge is -2.25. The van der Waals surface area contributed by atoms with E-state index in [-0.39, 0.29) is 17.6 Å². The van der Waals surface area contributed by atoms with Crippen LogP contribution in [0.15, 0.2) is 0 Å². The van der Waals surface area contributed by atoms with Gasteiger partial charge >= 0.3 is 7.60 Å². The molecule has 0 rings (SSSR count). The van der Waals surface area contributed by atoms with Crippen LogP contribution in [0.4, 0.5) is 0 Å². The summed E-state index contributed by atoms with van der Waals surface area (Å²) in [5.41, 5.74) is 0. The van der Waals surface area contributed by atoms with Gasteiger partial charge in [-0.2, -0.15) is 0 Å². The van der Waals surface area contributed by atoms with E-state index in [9.17, 15) is 13.0 Å². The summed E-state index contributed by atoms with van der Waals surface area (Å²) in [6.07, 6.45) is 2.49. The number of nitrogens with one attached hydrogen (secondary N) is 1. The van der Waals surface area contributed by atoms with Gasteiger partial charge in [-0.05, 0) is 18.4 Å². The average molecular weight is 301 g/mol. The fraction of sp³-hybridized carbons (Fsp3) is 1.00. The minimum Gasteiger partial charge on any atom is -0.324 e. The first-order valence-corrected chi connectivity index (χ1v) is 9.87. The molecule has 110 valence electrons. The Bertz CT molecular complexity index is 374. The summed E-state index contributed by atoms with van der Waals surface area (Å²) in [5.74, 6) is 0.179. The van der Waals surface area contributed by atoms with E-state index in [0.29, 0.717) is 6.54 Å². The zero-order valence-corrected chi connectivity index (χ0v) is 12.9. The zero-order chi connectivity index (χ0) is 14.4. The quantitative estimate of drug-likeness (QED) is 0.544. The molecule has 0 aromatic carbocycles. The van der Waals surface area contributed by atoms with E-state index in [4.69, 9.17) is 9.79 Å². The van der Waals surface area contributed by atoms with Crippen molar-refractivity contribution in [2.75, 3.05) is 24.8 Å². The van der Waals surface area contributed by atoms with Gasteiger partial charge in [-0.1, -0.05) is 26.7 Å². The van der Waals surface area contributed by atoms with Gasteiger partial charge in [-0.3, -0.25) is 4.57 Å². The molecule has 0 aromatic heterocycles. The standard InChI is InChI=1S/C10H24NO5PS/c1-4-9(5-2)10(7-18(3,15)16)6-11-8-17(12,13)14/h9-11H,4-8H2,1-3H3,(H2,12,13,14). The van der Waals surface area contributed by atoms with Gasteiger partial charge in [0.25, 0.3) is 0 Å². The second-order valence-corrected chi connectivity index (χ2v) is 8.54. The van der Waals surface area contributed by atoms with E-state index >= 15 is 0 Å². The van der Waals surface area contributed by atoms with E-state index in [2.05, 4.69) is 5.32 Å². The highest BCUT2D eigenvalue weighted by Gasteiger charge is 2.23. The van der Waals surface area contributed by atoms with E-state index in [1.807, 2.05) is 13.8 Å². The largest absolute Gasteiger partial charge is 0.339 e. The van der Waals surface area contributed by atoms with Gasteiger partial charge in [-0.25, -0.2) is 8.42 Å². The molecule has 1 atom stereocenters. The molecule has 0 aliphatic carbocycles. The van der Waals surface area contributed by atoms with Crippen molar-refractivity contribution in [2.24, 2.45) is 11.8 Å². The summed E-state index contributed by atoms with van der Waals surface area (Å²) in [6, 6.07) is 0. The topological polar surface area (TPSA) is 104 Å². The van der Waals surface area contributed by atoms with Gasteiger partial charge in [0.15, 0.2) is 0 Å². The highest BCUT2D eigenvalue weighted by atomic mass is 32.2. The molecule has 8 heteroatoms. The third-order valence-corrected chi connectivity index (χ3v) is 4.63. The fourth-order valence-corrected chi connectivity index (χ4v) is 3.69. The molecule has 3 N–H and O–H groups in total. The first-order chi connectivity index (χ1) is 8.09. The maximum atomic E-state index is 11.4. The molecule has 1 unspecified atom stereocenters. The molecule has 18 heavy (non-hydrogen) atoms. The van der Waals surface area contributed by atoms with Gasteiger partial charge in [-0.15, -0.1) is 0 Å². The second kappa shape index (κ2) is 7.60. The minimum atomic E-state index is -4.08. The van der Waals surface area contributed by atoms with Crippen molar-refractivity contribution in [3.8, 4) is 0 Å². The smallest absolute Gasteiger partial charge is 0.324 e. The van der Waals surface area contributed by atoms with Crippen molar-refractivity contribution >= 4 is 17.4 Å². The van der Waals surface area contributed by atoms with E-state index in [1.165, 1.54) is 6.26 Å². The highest BCUT2D eigenvalue weighted by molar-refractivity contribution is 7.90. The lowest BCUT2D eigenvalue weighted by molar-refractivity contribution is 0.321. The number of hydrogen-bond acceptors (Lipinski definition) is 4. The summed E-state index contributed by atoms with van der Waals surface area (Å²) >= 11 is 0. The molecule has 0 bridgehead atoms. The molecular formula is C10H24NO5PS. The molecule has 0 aliphatic heterocycles. The predicted molar refractivity (Wildman–Crippen MR) is 72.2 cm³/mol. The first-order valence-electron chi connectivity index (χ1n) is 6.02. The van der Waals surface area contributed by atoms with Crippen molar-refractivity contribution in [3.63, 3.8) is 0 Å². The Morgan fingerprint density at radius 3 is 2.00 bits per heavy atom. The number of sulfone groups is 1. The molecule has 6 nitrogen and oxygen atoms in total. The molecule has 0 aromatic rings. The van der Waals surface area contributed by atoms with Crippen LogP contribution in [0, 0.1) is 11.8 Å². The Morgan fingerprint density at radius 2 is 1.67 bits per heavy atom. The van der Waals surface area contributed by atoms with Crippen molar-refractivity contribution in [3.05, 3.63) is 0 Å².